The molecule has 2 nitrogen and oxygen atoms in total. The summed E-state index contributed by atoms with van der Waals surface area (Å²) in [5.74, 6) is 1.79. The minimum absolute atomic E-state index is 0.0713. The third kappa shape index (κ3) is 3.80. The van der Waals surface area contributed by atoms with E-state index in [1.165, 1.54) is 0 Å². The van der Waals surface area contributed by atoms with Crippen molar-refractivity contribution in [1.82, 2.24) is 0 Å². The molecule has 0 amide bonds. The third-order valence-corrected chi connectivity index (χ3v) is 5.96. The van der Waals surface area contributed by atoms with E-state index in [0.717, 1.165) is 44.2 Å². The minimum atomic E-state index is -0.0713. The highest BCUT2D eigenvalue weighted by Crippen LogP contribution is 2.45. The maximum absolute atomic E-state index is 6.62. The lowest BCUT2D eigenvalue weighted by Gasteiger charge is -2.23. The maximum atomic E-state index is 6.62. The molecule has 0 spiro atoms. The van der Waals surface area contributed by atoms with Gasteiger partial charge in [-0.2, -0.15) is 0 Å². The summed E-state index contributed by atoms with van der Waals surface area (Å²) in [6.07, 6.45) is -0.143. The van der Waals surface area contributed by atoms with Crippen LogP contribution in [0.5, 0.6) is 11.5 Å². The highest BCUT2D eigenvalue weighted by molar-refractivity contribution is 6.11. The number of fused-ring (bicyclic) bond motifs is 2. The largest absolute Gasteiger partial charge is 0.485 e. The van der Waals surface area contributed by atoms with Crippen LogP contribution in [-0.2, 0) is 0 Å². The lowest BCUT2D eigenvalue weighted by Crippen LogP contribution is -2.06. The first-order chi connectivity index (χ1) is 15.7. The number of benzene rings is 5. The Balaban J connectivity index is 1.65. The molecule has 0 heterocycles. The summed E-state index contributed by atoms with van der Waals surface area (Å²) in [4.78, 5) is 0. The van der Waals surface area contributed by atoms with Crippen molar-refractivity contribution in [2.75, 3.05) is 0 Å². The molecule has 5 aromatic carbocycles. The van der Waals surface area contributed by atoms with Crippen molar-refractivity contribution >= 4 is 21.5 Å². The second-order valence-corrected chi connectivity index (χ2v) is 8.09. The van der Waals surface area contributed by atoms with E-state index in [0.29, 0.717) is 0 Å². The Kier molecular flexibility index (Phi) is 5.51. The topological polar surface area (TPSA) is 18.5 Å². The molecule has 0 saturated heterocycles. The molecule has 32 heavy (non-hydrogen) atoms. The van der Waals surface area contributed by atoms with Crippen molar-refractivity contribution in [1.29, 1.82) is 0 Å². The molecule has 0 saturated carbocycles. The first-order valence-electron chi connectivity index (χ1n) is 11.1. The van der Waals surface area contributed by atoms with Crippen molar-refractivity contribution < 1.29 is 9.47 Å². The summed E-state index contributed by atoms with van der Waals surface area (Å²) >= 11 is 0. The molecule has 0 aliphatic rings. The van der Waals surface area contributed by atoms with Crippen LogP contribution in [0.25, 0.3) is 21.5 Å². The smallest absolute Gasteiger partial charge is 0.136 e. The molecule has 2 unspecified atom stereocenters. The van der Waals surface area contributed by atoms with E-state index in [1.807, 2.05) is 36.4 Å². The van der Waals surface area contributed by atoms with Crippen LogP contribution in [0.3, 0.4) is 0 Å². The van der Waals surface area contributed by atoms with Crippen LogP contribution in [0.15, 0.2) is 109 Å². The molecule has 0 aromatic heterocycles. The van der Waals surface area contributed by atoms with E-state index in [2.05, 4.69) is 86.6 Å². The normalized spacial score (nSPS) is 13.1. The summed E-state index contributed by atoms with van der Waals surface area (Å²) in [6, 6.07) is 37.4. The summed E-state index contributed by atoms with van der Waals surface area (Å²) in [7, 11) is 0. The highest BCUT2D eigenvalue weighted by atomic mass is 16.5. The van der Waals surface area contributed by atoms with Gasteiger partial charge in [0.15, 0.2) is 0 Å². The lowest BCUT2D eigenvalue weighted by molar-refractivity contribution is 0.228. The molecule has 0 N–H and O–H groups in total. The summed E-state index contributed by atoms with van der Waals surface area (Å²) in [5.41, 5.74) is 2.30. The quantitative estimate of drug-likeness (QED) is 0.258. The molecule has 5 rings (SSSR count). The molecule has 2 atom stereocenters. The Hall–Kier alpha value is -3.78. The van der Waals surface area contributed by atoms with Crippen LogP contribution in [-0.4, -0.2) is 0 Å². The van der Waals surface area contributed by atoms with Gasteiger partial charge in [0.25, 0.3) is 0 Å². The molecule has 0 aliphatic carbocycles. The second kappa shape index (κ2) is 8.76. The van der Waals surface area contributed by atoms with Gasteiger partial charge in [0.05, 0.1) is 0 Å². The SMILES string of the molecule is CC(Oc1c2ccccc2c(OC(C)c2ccccc2)c2ccccc12)c1ccccc1. The first kappa shape index (κ1) is 20.1. The van der Waals surface area contributed by atoms with Crippen molar-refractivity contribution in [2.24, 2.45) is 0 Å². The zero-order chi connectivity index (χ0) is 21.9. The van der Waals surface area contributed by atoms with Gasteiger partial charge in [0.2, 0.25) is 0 Å². The van der Waals surface area contributed by atoms with Gasteiger partial charge < -0.3 is 9.47 Å². The van der Waals surface area contributed by atoms with E-state index in [-0.39, 0.29) is 12.2 Å². The minimum Gasteiger partial charge on any atom is -0.485 e. The molecule has 0 fully saturated rings. The number of hydrogen-bond acceptors (Lipinski definition) is 2. The standard InChI is InChI=1S/C30H26O2/c1-21(23-13-5-3-6-14-23)31-29-25-17-9-11-19-27(25)30(28-20-12-10-18-26(28)29)32-22(2)24-15-7-4-8-16-24/h3-22H,1-2H3. The Labute approximate surface area is 189 Å². The van der Waals surface area contributed by atoms with Crippen LogP contribution in [0.1, 0.15) is 37.2 Å². The van der Waals surface area contributed by atoms with Gasteiger partial charge in [-0.1, -0.05) is 109 Å². The van der Waals surface area contributed by atoms with Crippen molar-refractivity contribution in [3.05, 3.63) is 120 Å². The Morgan fingerprint density at radius 2 is 0.688 bits per heavy atom. The Morgan fingerprint density at radius 1 is 0.406 bits per heavy atom. The Bertz CT molecular complexity index is 1180. The predicted molar refractivity (Wildman–Crippen MR) is 132 cm³/mol. The molecule has 0 aliphatic heterocycles. The molecule has 5 aromatic rings. The second-order valence-electron chi connectivity index (χ2n) is 8.09. The molecule has 0 radical (unpaired) electrons. The summed E-state index contributed by atoms with van der Waals surface area (Å²) in [6.45, 7) is 4.20. The fraction of sp³-hybridized carbons (Fsp3) is 0.133. The van der Waals surface area contributed by atoms with Gasteiger partial charge in [-0.05, 0) is 25.0 Å². The van der Waals surface area contributed by atoms with Crippen LogP contribution in [0, 0.1) is 0 Å². The molecule has 2 heteroatoms. The van der Waals surface area contributed by atoms with E-state index in [9.17, 15) is 0 Å². The average Bonchev–Trinajstić information content (AvgIpc) is 2.86. The molecular formula is C30H26O2. The van der Waals surface area contributed by atoms with Gasteiger partial charge in [-0.15, -0.1) is 0 Å². The number of rotatable bonds is 6. The first-order valence-corrected chi connectivity index (χ1v) is 11.1. The molecule has 158 valence electrons. The van der Waals surface area contributed by atoms with Crippen molar-refractivity contribution in [3.63, 3.8) is 0 Å². The third-order valence-electron chi connectivity index (χ3n) is 5.96. The monoisotopic (exact) mass is 418 g/mol. The van der Waals surface area contributed by atoms with Gasteiger partial charge in [0, 0.05) is 21.5 Å². The van der Waals surface area contributed by atoms with E-state index < -0.39 is 0 Å². The number of hydrogen-bond donors (Lipinski definition) is 0. The fourth-order valence-electron chi connectivity index (χ4n) is 4.24. The fourth-order valence-corrected chi connectivity index (χ4v) is 4.24. The van der Waals surface area contributed by atoms with Crippen LogP contribution >= 0.6 is 0 Å². The highest BCUT2D eigenvalue weighted by Gasteiger charge is 2.19. The van der Waals surface area contributed by atoms with Crippen molar-refractivity contribution in [3.8, 4) is 11.5 Å². The number of ether oxygens (including phenoxy) is 2. The molecular weight excluding hydrogens is 392 g/mol. The van der Waals surface area contributed by atoms with Crippen molar-refractivity contribution in [2.45, 2.75) is 26.1 Å². The predicted octanol–water partition coefficient (Wildman–Crippen LogP) is 8.27. The van der Waals surface area contributed by atoms with E-state index in [1.54, 1.807) is 0 Å². The van der Waals surface area contributed by atoms with E-state index >= 15 is 0 Å². The van der Waals surface area contributed by atoms with Crippen LogP contribution in [0.2, 0.25) is 0 Å². The zero-order valence-electron chi connectivity index (χ0n) is 18.4. The Morgan fingerprint density at radius 3 is 1.00 bits per heavy atom. The zero-order valence-corrected chi connectivity index (χ0v) is 18.4. The van der Waals surface area contributed by atoms with Gasteiger partial charge in [-0.25, -0.2) is 0 Å². The van der Waals surface area contributed by atoms with E-state index in [4.69, 9.17) is 9.47 Å². The summed E-state index contributed by atoms with van der Waals surface area (Å²) in [5, 5.41) is 4.24. The summed E-state index contributed by atoms with van der Waals surface area (Å²) < 4.78 is 13.2. The van der Waals surface area contributed by atoms with Gasteiger partial charge in [0.1, 0.15) is 23.7 Å². The maximum Gasteiger partial charge on any atom is 0.136 e. The van der Waals surface area contributed by atoms with Crippen LogP contribution < -0.4 is 9.47 Å². The van der Waals surface area contributed by atoms with Gasteiger partial charge in [-0.3, -0.25) is 0 Å². The average molecular weight is 419 g/mol. The lowest BCUT2D eigenvalue weighted by atomic mass is 10.00. The van der Waals surface area contributed by atoms with Gasteiger partial charge >= 0.3 is 0 Å². The van der Waals surface area contributed by atoms with Crippen LogP contribution in [0.4, 0.5) is 0 Å². The molecule has 0 bridgehead atoms.